The maximum absolute atomic E-state index is 12.4. The maximum atomic E-state index is 12.4. The molecule has 0 aliphatic heterocycles. The molecule has 0 fully saturated rings. The zero-order valence-corrected chi connectivity index (χ0v) is 14.6. The number of benzene rings is 2. The fourth-order valence-electron chi connectivity index (χ4n) is 2.11. The predicted molar refractivity (Wildman–Crippen MR) is 101 cm³/mol. The van der Waals surface area contributed by atoms with Gasteiger partial charge in [-0.2, -0.15) is 0 Å². The highest BCUT2D eigenvalue weighted by Gasteiger charge is 2.08. The van der Waals surface area contributed by atoms with Crippen molar-refractivity contribution in [1.82, 2.24) is 14.9 Å². The molecule has 2 aromatic carbocycles. The van der Waals surface area contributed by atoms with Crippen molar-refractivity contribution in [1.29, 1.82) is 0 Å². The summed E-state index contributed by atoms with van der Waals surface area (Å²) in [5.74, 6) is 0.362. The summed E-state index contributed by atoms with van der Waals surface area (Å²) in [5, 5.41) is 3.20. The van der Waals surface area contributed by atoms with Crippen molar-refractivity contribution in [3.05, 3.63) is 60.4 Å². The number of carbonyl (C=O) groups excluding carboxylic acids is 1. The van der Waals surface area contributed by atoms with Crippen LogP contribution in [0.5, 0.6) is 5.75 Å². The number of nitrogens with zero attached hydrogens (tertiary/aromatic N) is 3. The molecule has 3 rings (SSSR count). The molecule has 7 heteroatoms. The molecule has 1 N–H and O–H groups in total. The lowest BCUT2D eigenvalue weighted by Crippen LogP contribution is -2.25. The number of hydrogen-bond donors (Lipinski definition) is 1. The summed E-state index contributed by atoms with van der Waals surface area (Å²) in [7, 11) is 3.61. The highest BCUT2D eigenvalue weighted by Crippen LogP contribution is 2.17. The molecule has 0 spiro atoms. The minimum atomic E-state index is -0.218. The third-order valence-corrected chi connectivity index (χ3v) is 3.86. The van der Waals surface area contributed by atoms with E-state index >= 15 is 0 Å². The number of ether oxygens (including phenoxy) is 1. The standard InChI is InChI=1S/C18H16N4O2S/c1-22(2)18(25)24-14-6-3-12(4-7-14)17(23)21-13-5-8-15-16(11-13)20-10-9-19-15/h3-11H,1-2H3,(H,21,23). The van der Waals surface area contributed by atoms with Gasteiger partial charge in [-0.3, -0.25) is 14.8 Å². The van der Waals surface area contributed by atoms with E-state index in [-0.39, 0.29) is 5.91 Å². The summed E-state index contributed by atoms with van der Waals surface area (Å²) in [6, 6.07) is 12.2. The molecule has 1 heterocycles. The minimum Gasteiger partial charge on any atom is -0.432 e. The molecular formula is C18H16N4O2S. The van der Waals surface area contributed by atoms with E-state index in [2.05, 4.69) is 15.3 Å². The SMILES string of the molecule is CN(C)C(=S)Oc1ccc(C(=O)Nc2ccc3nccnc3c2)cc1. The van der Waals surface area contributed by atoms with Crippen molar-refractivity contribution < 1.29 is 9.53 Å². The van der Waals surface area contributed by atoms with Crippen LogP contribution in [0.25, 0.3) is 11.0 Å². The van der Waals surface area contributed by atoms with Gasteiger partial charge < -0.3 is 15.0 Å². The summed E-state index contributed by atoms with van der Waals surface area (Å²) in [6.45, 7) is 0. The van der Waals surface area contributed by atoms with Crippen molar-refractivity contribution in [2.24, 2.45) is 0 Å². The molecule has 0 aliphatic rings. The largest absolute Gasteiger partial charge is 0.432 e. The lowest BCUT2D eigenvalue weighted by Gasteiger charge is -2.14. The summed E-state index contributed by atoms with van der Waals surface area (Å²) < 4.78 is 5.49. The van der Waals surface area contributed by atoms with E-state index in [1.54, 1.807) is 67.8 Å². The van der Waals surface area contributed by atoms with Crippen molar-refractivity contribution in [2.75, 3.05) is 19.4 Å². The zero-order chi connectivity index (χ0) is 17.8. The number of anilines is 1. The molecule has 0 atom stereocenters. The molecule has 0 radical (unpaired) electrons. The Hall–Kier alpha value is -3.06. The Morgan fingerprint density at radius 3 is 2.40 bits per heavy atom. The monoisotopic (exact) mass is 352 g/mol. The van der Waals surface area contributed by atoms with Crippen LogP contribution in [0, 0.1) is 0 Å². The van der Waals surface area contributed by atoms with Crippen LogP contribution in [0.4, 0.5) is 5.69 Å². The lowest BCUT2D eigenvalue weighted by atomic mass is 10.2. The second-order valence-electron chi connectivity index (χ2n) is 5.50. The van der Waals surface area contributed by atoms with E-state index in [0.29, 0.717) is 22.2 Å². The number of rotatable bonds is 3. The van der Waals surface area contributed by atoms with Gasteiger partial charge in [0.1, 0.15) is 5.75 Å². The normalized spacial score (nSPS) is 10.3. The Labute approximate surface area is 150 Å². The van der Waals surface area contributed by atoms with Gasteiger partial charge in [-0.1, -0.05) is 0 Å². The summed E-state index contributed by atoms with van der Waals surface area (Å²) in [4.78, 5) is 22.5. The van der Waals surface area contributed by atoms with Crippen molar-refractivity contribution >= 4 is 40.0 Å². The number of thiocarbonyl (C=S) groups is 1. The maximum Gasteiger partial charge on any atom is 0.264 e. The minimum absolute atomic E-state index is 0.218. The van der Waals surface area contributed by atoms with Gasteiger partial charge in [0.25, 0.3) is 11.1 Å². The first-order valence-corrected chi connectivity index (χ1v) is 7.95. The lowest BCUT2D eigenvalue weighted by molar-refractivity contribution is 0.102. The molecule has 0 saturated heterocycles. The first-order valence-electron chi connectivity index (χ1n) is 7.54. The Morgan fingerprint density at radius 2 is 1.72 bits per heavy atom. The smallest absolute Gasteiger partial charge is 0.264 e. The Bertz CT molecular complexity index is 926. The number of hydrogen-bond acceptors (Lipinski definition) is 5. The number of amides is 1. The molecule has 3 aromatic rings. The average Bonchev–Trinajstić information content (AvgIpc) is 2.62. The topological polar surface area (TPSA) is 67.3 Å². The third-order valence-electron chi connectivity index (χ3n) is 3.41. The predicted octanol–water partition coefficient (Wildman–Crippen LogP) is 3.11. The molecule has 0 aliphatic carbocycles. The van der Waals surface area contributed by atoms with Crippen molar-refractivity contribution in [3.63, 3.8) is 0 Å². The molecule has 1 aromatic heterocycles. The zero-order valence-electron chi connectivity index (χ0n) is 13.8. The quantitative estimate of drug-likeness (QED) is 0.731. The van der Waals surface area contributed by atoms with Gasteiger partial charge in [-0.05, 0) is 54.7 Å². The van der Waals surface area contributed by atoms with Crippen LogP contribution in [0.3, 0.4) is 0 Å². The average molecular weight is 352 g/mol. The van der Waals surface area contributed by atoms with E-state index in [1.165, 1.54) is 0 Å². The van der Waals surface area contributed by atoms with E-state index in [1.807, 2.05) is 6.07 Å². The third kappa shape index (κ3) is 4.07. The van der Waals surface area contributed by atoms with E-state index in [0.717, 1.165) is 11.0 Å². The molecule has 0 unspecified atom stereocenters. The molecule has 0 saturated carbocycles. The Kier molecular flexibility index (Phi) is 4.85. The Morgan fingerprint density at radius 1 is 1.04 bits per heavy atom. The van der Waals surface area contributed by atoms with Gasteiger partial charge in [-0.25, -0.2) is 0 Å². The fraction of sp³-hybridized carbons (Fsp3) is 0.111. The van der Waals surface area contributed by atoms with Crippen LogP contribution >= 0.6 is 12.2 Å². The van der Waals surface area contributed by atoms with Crippen molar-refractivity contribution in [2.45, 2.75) is 0 Å². The van der Waals surface area contributed by atoms with Gasteiger partial charge in [0.2, 0.25) is 0 Å². The fourth-order valence-corrected chi connectivity index (χ4v) is 2.21. The van der Waals surface area contributed by atoms with Crippen LogP contribution in [0.15, 0.2) is 54.9 Å². The van der Waals surface area contributed by atoms with Crippen LogP contribution in [0.2, 0.25) is 0 Å². The second kappa shape index (κ2) is 7.23. The summed E-state index contributed by atoms with van der Waals surface area (Å²) in [5.41, 5.74) is 2.68. The second-order valence-corrected chi connectivity index (χ2v) is 5.85. The highest BCUT2D eigenvalue weighted by molar-refractivity contribution is 7.80. The van der Waals surface area contributed by atoms with Gasteiger partial charge in [0.15, 0.2) is 0 Å². The highest BCUT2D eigenvalue weighted by atomic mass is 32.1. The molecular weight excluding hydrogens is 336 g/mol. The van der Waals surface area contributed by atoms with Gasteiger partial charge in [0, 0.05) is 37.7 Å². The summed E-state index contributed by atoms with van der Waals surface area (Å²) in [6.07, 6.45) is 3.25. The number of carbonyl (C=O) groups is 1. The van der Waals surface area contributed by atoms with Crippen LogP contribution < -0.4 is 10.1 Å². The first-order chi connectivity index (χ1) is 12.0. The van der Waals surface area contributed by atoms with Gasteiger partial charge in [0.05, 0.1) is 11.0 Å². The molecule has 1 amide bonds. The number of aromatic nitrogens is 2. The van der Waals surface area contributed by atoms with Crippen LogP contribution in [-0.2, 0) is 0 Å². The van der Waals surface area contributed by atoms with Gasteiger partial charge in [-0.15, -0.1) is 0 Å². The Balaban J connectivity index is 1.70. The van der Waals surface area contributed by atoms with E-state index in [9.17, 15) is 4.79 Å². The molecule has 126 valence electrons. The molecule has 0 bridgehead atoms. The first kappa shape index (κ1) is 16.8. The van der Waals surface area contributed by atoms with E-state index < -0.39 is 0 Å². The van der Waals surface area contributed by atoms with E-state index in [4.69, 9.17) is 17.0 Å². The number of nitrogens with one attached hydrogen (secondary N) is 1. The number of fused-ring (bicyclic) bond motifs is 1. The molecule has 6 nitrogen and oxygen atoms in total. The van der Waals surface area contributed by atoms with Gasteiger partial charge >= 0.3 is 0 Å². The van der Waals surface area contributed by atoms with Crippen LogP contribution in [0.1, 0.15) is 10.4 Å². The van der Waals surface area contributed by atoms with Crippen LogP contribution in [-0.4, -0.2) is 40.0 Å². The van der Waals surface area contributed by atoms with Crippen molar-refractivity contribution in [3.8, 4) is 5.75 Å². The molecule has 25 heavy (non-hydrogen) atoms. The summed E-state index contributed by atoms with van der Waals surface area (Å²) >= 11 is 5.08.